The molecule has 3 aromatic rings. The van der Waals surface area contributed by atoms with Crippen LogP contribution in [-0.4, -0.2) is 28.2 Å². The van der Waals surface area contributed by atoms with E-state index >= 15 is 0 Å². The molecule has 9 heteroatoms. The van der Waals surface area contributed by atoms with Gasteiger partial charge in [-0.15, -0.1) is 10.2 Å². The quantitative estimate of drug-likeness (QED) is 0.202. The molecule has 166 valence electrons. The average molecular weight is 462 g/mol. The second-order valence-electron chi connectivity index (χ2n) is 7.02. The first kappa shape index (κ1) is 23.7. The Balaban J connectivity index is 1.52. The summed E-state index contributed by atoms with van der Waals surface area (Å²) >= 11 is 1.61. The zero-order valence-corrected chi connectivity index (χ0v) is 19.3. The first-order valence-electron chi connectivity index (χ1n) is 10.4. The maximum atomic E-state index is 10.5. The van der Waals surface area contributed by atoms with Crippen molar-refractivity contribution >= 4 is 20.0 Å². The summed E-state index contributed by atoms with van der Waals surface area (Å²) in [7, 11) is -2.83. The highest BCUT2D eigenvalue weighted by atomic mass is 32.2. The van der Waals surface area contributed by atoms with Crippen molar-refractivity contribution in [3.05, 3.63) is 65.7 Å². The minimum Gasteiger partial charge on any atom is -0.411 e. The molecule has 0 amide bonds. The van der Waals surface area contributed by atoms with Gasteiger partial charge < -0.3 is 19.2 Å². The lowest BCUT2D eigenvalue weighted by molar-refractivity contribution is 0.276. The monoisotopic (exact) mass is 461 g/mol. The number of hydrogen-bond donors (Lipinski definition) is 2. The average Bonchev–Trinajstić information content (AvgIpc) is 3.25. The molecule has 0 radical (unpaired) electrons. The van der Waals surface area contributed by atoms with Crippen LogP contribution in [0.1, 0.15) is 42.6 Å². The van der Waals surface area contributed by atoms with E-state index in [1.165, 1.54) is 5.56 Å². The standard InChI is InChI=1S/C22H28N3O4PS/c1-2-7-20(18-8-4-3-5-9-18)31-22-25-24-21(29-22)19-12-10-17(11-13-19)16-23-14-6-15-28-30(26)27/h3-5,8-13,20,23,30H,2,6-7,14-16H2,1H3,(H,26,27). The Morgan fingerprint density at radius 1 is 1.16 bits per heavy atom. The third kappa shape index (κ3) is 7.91. The van der Waals surface area contributed by atoms with Crippen molar-refractivity contribution in [2.45, 2.75) is 43.2 Å². The number of hydrogen-bond acceptors (Lipinski definition) is 7. The van der Waals surface area contributed by atoms with E-state index in [4.69, 9.17) is 9.31 Å². The van der Waals surface area contributed by atoms with E-state index in [2.05, 4.69) is 51.2 Å². The van der Waals surface area contributed by atoms with Gasteiger partial charge in [0.2, 0.25) is 5.89 Å². The van der Waals surface area contributed by atoms with Crippen LogP contribution in [0.3, 0.4) is 0 Å². The molecule has 0 fully saturated rings. The molecule has 0 bridgehead atoms. The normalized spacial score (nSPS) is 13.2. The van der Waals surface area contributed by atoms with Crippen LogP contribution in [0.25, 0.3) is 11.5 Å². The van der Waals surface area contributed by atoms with Crippen molar-refractivity contribution in [3.63, 3.8) is 0 Å². The fourth-order valence-corrected chi connectivity index (χ4v) is 4.50. The molecule has 2 aromatic carbocycles. The van der Waals surface area contributed by atoms with Gasteiger partial charge in [0.25, 0.3) is 5.22 Å². The molecule has 0 spiro atoms. The molecule has 0 saturated carbocycles. The molecule has 7 nitrogen and oxygen atoms in total. The summed E-state index contributed by atoms with van der Waals surface area (Å²) in [6.45, 7) is 3.87. The topological polar surface area (TPSA) is 97.5 Å². The molecule has 1 aromatic heterocycles. The van der Waals surface area contributed by atoms with Gasteiger partial charge in [-0.05, 0) is 42.6 Å². The number of rotatable bonds is 13. The summed E-state index contributed by atoms with van der Waals surface area (Å²) in [6, 6.07) is 18.4. The van der Waals surface area contributed by atoms with E-state index in [-0.39, 0.29) is 11.9 Å². The molecule has 1 heterocycles. The summed E-state index contributed by atoms with van der Waals surface area (Å²) in [5, 5.41) is 12.6. The van der Waals surface area contributed by atoms with E-state index in [1.807, 2.05) is 30.3 Å². The Labute approximate surface area is 187 Å². The van der Waals surface area contributed by atoms with Crippen molar-refractivity contribution in [3.8, 4) is 11.5 Å². The summed E-state index contributed by atoms with van der Waals surface area (Å²) in [6.07, 6.45) is 2.80. The predicted molar refractivity (Wildman–Crippen MR) is 123 cm³/mol. The molecular weight excluding hydrogens is 433 g/mol. The van der Waals surface area contributed by atoms with Crippen LogP contribution in [0.4, 0.5) is 0 Å². The van der Waals surface area contributed by atoms with Crippen LogP contribution in [0.2, 0.25) is 0 Å². The van der Waals surface area contributed by atoms with E-state index in [1.54, 1.807) is 11.8 Å². The van der Waals surface area contributed by atoms with Gasteiger partial charge in [-0.3, -0.25) is 4.57 Å². The van der Waals surface area contributed by atoms with E-state index in [0.29, 0.717) is 30.6 Å². The van der Waals surface area contributed by atoms with Crippen molar-refractivity contribution in [1.29, 1.82) is 0 Å². The van der Waals surface area contributed by atoms with E-state index in [0.717, 1.165) is 24.0 Å². The van der Waals surface area contributed by atoms with Gasteiger partial charge in [-0.1, -0.05) is 67.6 Å². The summed E-state index contributed by atoms with van der Waals surface area (Å²) in [5.74, 6) is 0.515. The number of benzene rings is 2. The minimum absolute atomic E-state index is 0.279. The number of thioether (sulfide) groups is 1. The highest BCUT2D eigenvalue weighted by molar-refractivity contribution is 7.99. The zero-order chi connectivity index (χ0) is 21.9. The molecule has 0 aliphatic carbocycles. The van der Waals surface area contributed by atoms with Crippen LogP contribution in [-0.2, 0) is 15.6 Å². The van der Waals surface area contributed by atoms with Gasteiger partial charge in [0, 0.05) is 17.4 Å². The SMILES string of the molecule is CCCC(Sc1nnc(-c2ccc(CNCCCO[PH](=O)O)cc2)o1)c1ccccc1. The highest BCUT2D eigenvalue weighted by Gasteiger charge is 2.17. The van der Waals surface area contributed by atoms with Gasteiger partial charge in [-0.25, -0.2) is 0 Å². The minimum atomic E-state index is -2.83. The van der Waals surface area contributed by atoms with Gasteiger partial charge in [0.05, 0.1) is 6.61 Å². The number of aromatic nitrogens is 2. The Kier molecular flexibility index (Phi) is 9.78. The summed E-state index contributed by atoms with van der Waals surface area (Å²) < 4.78 is 21.1. The smallest absolute Gasteiger partial charge is 0.316 e. The summed E-state index contributed by atoms with van der Waals surface area (Å²) in [4.78, 5) is 8.61. The highest BCUT2D eigenvalue weighted by Crippen LogP contribution is 2.38. The molecule has 2 N–H and O–H groups in total. The Hall–Kier alpha value is -1.96. The van der Waals surface area contributed by atoms with Crippen LogP contribution in [0.5, 0.6) is 0 Å². The molecule has 2 atom stereocenters. The van der Waals surface area contributed by atoms with E-state index < -0.39 is 8.25 Å². The van der Waals surface area contributed by atoms with Crippen molar-refractivity contribution in [2.24, 2.45) is 0 Å². The lowest BCUT2D eigenvalue weighted by atomic mass is 10.1. The second kappa shape index (κ2) is 12.8. The first-order valence-corrected chi connectivity index (χ1v) is 12.5. The van der Waals surface area contributed by atoms with E-state index in [9.17, 15) is 4.57 Å². The molecule has 0 aliphatic heterocycles. The molecule has 0 aliphatic rings. The first-order chi connectivity index (χ1) is 15.2. The molecule has 0 saturated heterocycles. The third-order valence-corrected chi connectivity index (χ3v) is 6.24. The molecular formula is C22H28N3O4PS. The number of nitrogens with one attached hydrogen (secondary N) is 1. The maximum absolute atomic E-state index is 10.5. The third-order valence-electron chi connectivity index (χ3n) is 4.63. The van der Waals surface area contributed by atoms with Crippen molar-refractivity contribution in [2.75, 3.05) is 13.2 Å². The fraction of sp³-hybridized carbons (Fsp3) is 0.364. The van der Waals surface area contributed by atoms with Crippen LogP contribution in [0, 0.1) is 0 Å². The molecule has 2 unspecified atom stereocenters. The largest absolute Gasteiger partial charge is 0.411 e. The molecule has 3 rings (SSSR count). The van der Waals surface area contributed by atoms with Crippen molar-refractivity contribution < 1.29 is 18.4 Å². The summed E-state index contributed by atoms with van der Waals surface area (Å²) in [5.41, 5.74) is 3.28. The fourth-order valence-electron chi connectivity index (χ4n) is 3.07. The van der Waals surface area contributed by atoms with Gasteiger partial charge in [0.15, 0.2) is 0 Å². The molecule has 31 heavy (non-hydrogen) atoms. The Bertz CT molecular complexity index is 937. The van der Waals surface area contributed by atoms with Gasteiger partial charge in [0.1, 0.15) is 0 Å². The second-order valence-corrected chi connectivity index (χ2v) is 9.00. The maximum Gasteiger partial charge on any atom is 0.316 e. The van der Waals surface area contributed by atoms with Crippen LogP contribution in [0.15, 0.2) is 64.2 Å². The lowest BCUT2D eigenvalue weighted by Gasteiger charge is -2.13. The van der Waals surface area contributed by atoms with Gasteiger partial charge >= 0.3 is 8.25 Å². The zero-order valence-electron chi connectivity index (χ0n) is 17.5. The Morgan fingerprint density at radius 2 is 1.94 bits per heavy atom. The Morgan fingerprint density at radius 3 is 2.65 bits per heavy atom. The van der Waals surface area contributed by atoms with Crippen LogP contribution < -0.4 is 5.32 Å². The van der Waals surface area contributed by atoms with Crippen LogP contribution >= 0.6 is 20.0 Å². The lowest BCUT2D eigenvalue weighted by Crippen LogP contribution is -2.15. The number of nitrogens with zero attached hydrogens (tertiary/aromatic N) is 2. The predicted octanol–water partition coefficient (Wildman–Crippen LogP) is 5.25. The van der Waals surface area contributed by atoms with Gasteiger partial charge in [-0.2, -0.15) is 0 Å². The van der Waals surface area contributed by atoms with Crippen molar-refractivity contribution in [1.82, 2.24) is 15.5 Å².